The van der Waals surface area contributed by atoms with Gasteiger partial charge in [0.15, 0.2) is 0 Å². The van der Waals surface area contributed by atoms with Crippen LogP contribution in [0.2, 0.25) is 0 Å². The molecule has 2 rings (SSSR count). The van der Waals surface area contributed by atoms with E-state index in [0.717, 1.165) is 38.9 Å². The quantitative estimate of drug-likeness (QED) is 0.807. The number of likely N-dealkylation sites (tertiary alicyclic amines) is 1. The Bertz CT molecular complexity index is 324. The zero-order valence-corrected chi connectivity index (χ0v) is 13.5. The van der Waals surface area contributed by atoms with Gasteiger partial charge in [-0.25, -0.2) is 0 Å². The smallest absolute Gasteiger partial charge is 0.239 e. The highest BCUT2D eigenvalue weighted by molar-refractivity contribution is 5.82. The zero-order chi connectivity index (χ0) is 14.6. The summed E-state index contributed by atoms with van der Waals surface area (Å²) in [6.07, 6.45) is 8.30. The van der Waals surface area contributed by atoms with E-state index in [0.29, 0.717) is 5.91 Å². The van der Waals surface area contributed by atoms with E-state index in [1.54, 1.807) is 0 Å². The second-order valence-electron chi connectivity index (χ2n) is 6.73. The summed E-state index contributed by atoms with van der Waals surface area (Å²) < 4.78 is 0. The van der Waals surface area contributed by atoms with Crippen molar-refractivity contribution < 1.29 is 4.79 Å². The number of nitrogens with zero attached hydrogens (tertiary/aromatic N) is 2. The number of hydrogen-bond acceptors (Lipinski definition) is 3. The van der Waals surface area contributed by atoms with E-state index in [2.05, 4.69) is 36.1 Å². The summed E-state index contributed by atoms with van der Waals surface area (Å²) in [5, 5.41) is 3.41. The van der Waals surface area contributed by atoms with Gasteiger partial charge in [0.05, 0.1) is 6.04 Å². The van der Waals surface area contributed by atoms with E-state index >= 15 is 0 Å². The standard InChI is InChI=1S/C16H31N3O/c1-4-11-17-14-8-7-12-19(15(14)20)13-16(18(2)3)9-5-6-10-16/h14,17H,4-13H2,1-3H3. The minimum atomic E-state index is 0.0596. The molecule has 4 heteroatoms. The first-order valence-corrected chi connectivity index (χ1v) is 8.29. The van der Waals surface area contributed by atoms with Crippen LogP contribution in [-0.2, 0) is 4.79 Å². The van der Waals surface area contributed by atoms with Gasteiger partial charge in [0, 0.05) is 18.6 Å². The lowest BCUT2D eigenvalue weighted by Gasteiger charge is -2.43. The molecule has 1 saturated heterocycles. The topological polar surface area (TPSA) is 35.6 Å². The Morgan fingerprint density at radius 1 is 1.30 bits per heavy atom. The van der Waals surface area contributed by atoms with Gasteiger partial charge >= 0.3 is 0 Å². The number of carbonyl (C=O) groups is 1. The normalized spacial score (nSPS) is 26.5. The highest BCUT2D eigenvalue weighted by Crippen LogP contribution is 2.35. The number of piperidine rings is 1. The third-order valence-corrected chi connectivity index (χ3v) is 5.14. The maximum atomic E-state index is 12.6. The summed E-state index contributed by atoms with van der Waals surface area (Å²) in [5.74, 6) is 0.331. The maximum absolute atomic E-state index is 12.6. The molecule has 0 aromatic carbocycles. The molecule has 0 bridgehead atoms. The van der Waals surface area contributed by atoms with Crippen molar-refractivity contribution in [2.24, 2.45) is 0 Å². The second-order valence-corrected chi connectivity index (χ2v) is 6.73. The van der Waals surface area contributed by atoms with Gasteiger partial charge in [-0.05, 0) is 52.7 Å². The van der Waals surface area contributed by atoms with Gasteiger partial charge in [-0.15, -0.1) is 0 Å². The van der Waals surface area contributed by atoms with Crippen LogP contribution in [0.1, 0.15) is 51.9 Å². The number of nitrogens with one attached hydrogen (secondary N) is 1. The van der Waals surface area contributed by atoms with Crippen LogP contribution >= 0.6 is 0 Å². The molecule has 116 valence electrons. The van der Waals surface area contributed by atoms with Gasteiger partial charge in [-0.2, -0.15) is 0 Å². The molecule has 0 aromatic heterocycles. The van der Waals surface area contributed by atoms with Crippen LogP contribution in [0.25, 0.3) is 0 Å². The fourth-order valence-corrected chi connectivity index (χ4v) is 3.74. The molecule has 1 heterocycles. The van der Waals surface area contributed by atoms with Crippen LogP contribution in [0.3, 0.4) is 0 Å². The summed E-state index contributed by atoms with van der Waals surface area (Å²) in [7, 11) is 4.35. The summed E-state index contributed by atoms with van der Waals surface area (Å²) >= 11 is 0. The number of amides is 1. The van der Waals surface area contributed by atoms with Crippen molar-refractivity contribution >= 4 is 5.91 Å². The highest BCUT2D eigenvalue weighted by atomic mass is 16.2. The first-order chi connectivity index (χ1) is 9.59. The first-order valence-electron chi connectivity index (χ1n) is 8.29. The lowest BCUT2D eigenvalue weighted by atomic mass is 9.93. The van der Waals surface area contributed by atoms with E-state index in [-0.39, 0.29) is 11.6 Å². The summed E-state index contributed by atoms with van der Waals surface area (Å²) in [6, 6.07) is 0.0596. The average molecular weight is 281 g/mol. The van der Waals surface area contributed by atoms with Crippen molar-refractivity contribution in [2.75, 3.05) is 33.7 Å². The van der Waals surface area contributed by atoms with Crippen LogP contribution < -0.4 is 5.32 Å². The Morgan fingerprint density at radius 2 is 2.00 bits per heavy atom. The molecule has 2 aliphatic rings. The Morgan fingerprint density at radius 3 is 2.60 bits per heavy atom. The molecule has 1 saturated carbocycles. The molecule has 0 radical (unpaired) electrons. The predicted molar refractivity (Wildman–Crippen MR) is 82.8 cm³/mol. The molecule has 1 unspecified atom stereocenters. The SMILES string of the molecule is CCCNC1CCCN(CC2(N(C)C)CCCC2)C1=O. The second kappa shape index (κ2) is 6.90. The molecule has 1 aliphatic carbocycles. The van der Waals surface area contributed by atoms with Gasteiger partial charge in [0.1, 0.15) is 0 Å². The lowest BCUT2D eigenvalue weighted by Crippen LogP contribution is -2.58. The van der Waals surface area contributed by atoms with E-state index in [9.17, 15) is 4.79 Å². The molecular formula is C16H31N3O. The van der Waals surface area contributed by atoms with Crippen LogP contribution in [-0.4, -0.2) is 61.0 Å². The third-order valence-electron chi connectivity index (χ3n) is 5.14. The van der Waals surface area contributed by atoms with Gasteiger partial charge in [0.25, 0.3) is 0 Å². The molecule has 0 aromatic rings. The van der Waals surface area contributed by atoms with Crippen molar-refractivity contribution in [2.45, 2.75) is 63.5 Å². The van der Waals surface area contributed by atoms with Gasteiger partial charge < -0.3 is 15.1 Å². The van der Waals surface area contributed by atoms with Crippen LogP contribution in [0, 0.1) is 0 Å². The molecule has 1 aliphatic heterocycles. The molecule has 20 heavy (non-hydrogen) atoms. The fraction of sp³-hybridized carbons (Fsp3) is 0.938. The number of rotatable bonds is 6. The largest absolute Gasteiger partial charge is 0.339 e. The van der Waals surface area contributed by atoms with Crippen LogP contribution in [0.5, 0.6) is 0 Å². The zero-order valence-electron chi connectivity index (χ0n) is 13.5. The van der Waals surface area contributed by atoms with Crippen molar-refractivity contribution in [1.29, 1.82) is 0 Å². The first kappa shape index (κ1) is 15.8. The van der Waals surface area contributed by atoms with E-state index in [1.165, 1.54) is 25.7 Å². The third kappa shape index (κ3) is 3.34. The van der Waals surface area contributed by atoms with Gasteiger partial charge in [-0.1, -0.05) is 19.8 Å². The van der Waals surface area contributed by atoms with Crippen molar-refractivity contribution in [3.8, 4) is 0 Å². The number of likely N-dealkylation sites (N-methyl/N-ethyl adjacent to an activating group) is 1. The highest BCUT2D eigenvalue weighted by Gasteiger charge is 2.40. The van der Waals surface area contributed by atoms with Gasteiger partial charge in [-0.3, -0.25) is 4.79 Å². The summed E-state index contributed by atoms with van der Waals surface area (Å²) in [5.41, 5.74) is 0.225. The predicted octanol–water partition coefficient (Wildman–Crippen LogP) is 1.85. The molecule has 0 spiro atoms. The van der Waals surface area contributed by atoms with Crippen molar-refractivity contribution in [1.82, 2.24) is 15.1 Å². The van der Waals surface area contributed by atoms with Gasteiger partial charge in [0.2, 0.25) is 5.91 Å². The Labute approximate surface area is 123 Å². The minimum absolute atomic E-state index is 0.0596. The Hall–Kier alpha value is -0.610. The Kier molecular flexibility index (Phi) is 5.44. The van der Waals surface area contributed by atoms with Crippen LogP contribution in [0.15, 0.2) is 0 Å². The fourth-order valence-electron chi connectivity index (χ4n) is 3.74. The Balaban J connectivity index is 1.98. The summed E-state index contributed by atoms with van der Waals surface area (Å²) in [4.78, 5) is 17.1. The van der Waals surface area contributed by atoms with E-state index < -0.39 is 0 Å². The van der Waals surface area contributed by atoms with Crippen molar-refractivity contribution in [3.63, 3.8) is 0 Å². The minimum Gasteiger partial charge on any atom is -0.339 e. The monoisotopic (exact) mass is 281 g/mol. The summed E-state index contributed by atoms with van der Waals surface area (Å²) in [6.45, 7) is 4.96. The van der Waals surface area contributed by atoms with Crippen molar-refractivity contribution in [3.05, 3.63) is 0 Å². The molecule has 1 amide bonds. The van der Waals surface area contributed by atoms with E-state index in [4.69, 9.17) is 0 Å². The molecule has 4 nitrogen and oxygen atoms in total. The molecular weight excluding hydrogens is 250 g/mol. The lowest BCUT2D eigenvalue weighted by molar-refractivity contribution is -0.138. The van der Waals surface area contributed by atoms with Crippen LogP contribution in [0.4, 0.5) is 0 Å². The number of hydrogen-bond donors (Lipinski definition) is 1. The molecule has 2 fully saturated rings. The molecule has 1 N–H and O–H groups in total. The van der Waals surface area contributed by atoms with E-state index in [1.807, 2.05) is 0 Å². The maximum Gasteiger partial charge on any atom is 0.239 e. The average Bonchev–Trinajstić information content (AvgIpc) is 2.90. The molecule has 1 atom stereocenters. The number of carbonyl (C=O) groups excluding carboxylic acids is 1.